The van der Waals surface area contributed by atoms with Gasteiger partial charge in [0.1, 0.15) is 5.78 Å². The van der Waals surface area contributed by atoms with Crippen molar-refractivity contribution in [2.24, 2.45) is 29.4 Å². The van der Waals surface area contributed by atoms with Gasteiger partial charge in [0.25, 0.3) is 0 Å². The van der Waals surface area contributed by atoms with Crippen LogP contribution in [-0.2, 0) is 19.2 Å². The summed E-state index contributed by atoms with van der Waals surface area (Å²) in [4.78, 5) is 52.7. The highest BCUT2D eigenvalue weighted by Gasteiger charge is 2.27. The summed E-state index contributed by atoms with van der Waals surface area (Å²) in [7, 11) is 0. The van der Waals surface area contributed by atoms with Crippen molar-refractivity contribution < 1.29 is 24.0 Å². The minimum atomic E-state index is -0.111. The first-order valence-electron chi connectivity index (χ1n) is 17.8. The largest absolute Gasteiger partial charge is 0.372 e. The lowest BCUT2D eigenvalue weighted by Gasteiger charge is -2.14. The predicted molar refractivity (Wildman–Crippen MR) is 215 cm³/mol. The second-order valence-corrected chi connectivity index (χ2v) is 13.4. The van der Waals surface area contributed by atoms with Crippen molar-refractivity contribution in [3.05, 3.63) is 87.9 Å². The molecule has 2 aromatic carbocycles. The van der Waals surface area contributed by atoms with Gasteiger partial charge in [-0.2, -0.15) is 0 Å². The van der Waals surface area contributed by atoms with Crippen LogP contribution in [0, 0.1) is 37.5 Å². The Balaban J connectivity index is 0. The van der Waals surface area contributed by atoms with E-state index in [0.29, 0.717) is 22.0 Å². The number of halogens is 2. The third-order valence-corrected chi connectivity index (χ3v) is 9.54. The van der Waals surface area contributed by atoms with Gasteiger partial charge in [0.2, 0.25) is 12.3 Å². The van der Waals surface area contributed by atoms with Gasteiger partial charge in [-0.05, 0) is 87.3 Å². The third kappa shape index (κ3) is 20.2. The molecule has 3 N–H and O–H groups in total. The van der Waals surface area contributed by atoms with Crippen LogP contribution in [0.1, 0.15) is 120 Å². The summed E-state index contributed by atoms with van der Waals surface area (Å²) >= 11 is 11.4. The number of hydrogen-bond acceptors (Lipinski definition) is 5. The van der Waals surface area contributed by atoms with Crippen LogP contribution in [-0.4, -0.2) is 36.2 Å². The Labute approximate surface area is 317 Å². The molecular formula is C42H62Cl2N2O5. The maximum Gasteiger partial charge on any atom is 0.223 e. The van der Waals surface area contributed by atoms with Crippen molar-refractivity contribution in [1.29, 1.82) is 0 Å². The number of nitrogens with one attached hydrogen (secondary N) is 1. The fourth-order valence-electron chi connectivity index (χ4n) is 6.09. The van der Waals surface area contributed by atoms with Crippen LogP contribution in [0.2, 0.25) is 10.0 Å². The van der Waals surface area contributed by atoms with Crippen molar-refractivity contribution in [2.45, 2.75) is 107 Å². The first kappa shape index (κ1) is 49.6. The Bertz CT molecular complexity index is 1340. The van der Waals surface area contributed by atoms with Gasteiger partial charge in [-0.3, -0.25) is 24.0 Å². The second kappa shape index (κ2) is 29.1. The topological polar surface area (TPSA) is 123 Å². The Morgan fingerprint density at radius 1 is 0.922 bits per heavy atom. The van der Waals surface area contributed by atoms with Crippen LogP contribution >= 0.6 is 23.2 Å². The molecule has 2 aliphatic rings. The van der Waals surface area contributed by atoms with Crippen LogP contribution < -0.4 is 11.1 Å². The van der Waals surface area contributed by atoms with E-state index in [1.165, 1.54) is 50.2 Å². The molecule has 0 radical (unpaired) electrons. The van der Waals surface area contributed by atoms with Gasteiger partial charge in [0, 0.05) is 24.8 Å². The number of hydrogen-bond donors (Lipinski definition) is 2. The van der Waals surface area contributed by atoms with Crippen LogP contribution in [0.25, 0.3) is 6.08 Å². The molecule has 2 aromatic rings. The molecule has 0 bridgehead atoms. The Hall–Kier alpha value is -3.55. The molecule has 1 saturated heterocycles. The number of benzene rings is 2. The molecule has 7 nitrogen and oxygen atoms in total. The lowest BCUT2D eigenvalue weighted by molar-refractivity contribution is -0.125. The number of allylic oxidation sites excluding steroid dienone is 1. The quantitative estimate of drug-likeness (QED) is 0.114. The number of Topliss-reactive ketones (excluding diaryl/α,β-unsaturated/α-hetero) is 2. The highest BCUT2D eigenvalue weighted by atomic mass is 35.5. The number of carbonyl (C=O) groups excluding carboxylic acids is 5. The van der Waals surface area contributed by atoms with Crippen molar-refractivity contribution >= 4 is 58.9 Å². The lowest BCUT2D eigenvalue weighted by Crippen LogP contribution is -2.22. The smallest absolute Gasteiger partial charge is 0.223 e. The second-order valence-electron chi connectivity index (χ2n) is 12.5. The van der Waals surface area contributed by atoms with E-state index in [2.05, 4.69) is 38.1 Å². The van der Waals surface area contributed by atoms with Gasteiger partial charge < -0.3 is 11.1 Å². The maximum absolute atomic E-state index is 11.3. The third-order valence-electron chi connectivity index (χ3n) is 8.91. The predicted octanol–water partition coefficient (Wildman–Crippen LogP) is 10.4. The molecule has 2 fully saturated rings. The average Bonchev–Trinajstić information content (AvgIpc) is 3.74. The van der Waals surface area contributed by atoms with Crippen LogP contribution in [0.5, 0.6) is 0 Å². The first-order chi connectivity index (χ1) is 24.2. The zero-order chi connectivity index (χ0) is 39.5. The highest BCUT2D eigenvalue weighted by Crippen LogP contribution is 2.35. The van der Waals surface area contributed by atoms with Crippen molar-refractivity contribution in [1.82, 2.24) is 5.32 Å². The maximum atomic E-state index is 11.3. The van der Waals surface area contributed by atoms with Crippen LogP contribution in [0.3, 0.4) is 0 Å². The van der Waals surface area contributed by atoms with E-state index in [-0.39, 0.29) is 41.5 Å². The van der Waals surface area contributed by atoms with Crippen molar-refractivity contribution in [2.75, 3.05) is 6.54 Å². The standard InChI is InChI=1S/C12H14O.C10H17NO2.C9H18.C8H6Cl2O.C2H4.CH3NO/c1-9-5-4-6-10(2)12(9)8-7-11(3)13;1-3-9(12)7(2)6-8-4-5-11-10(8)13;1-3-8-6-5-7-9(8)4-2;1-5(11)8-6(9)3-2-4-7(8)10;1-2;2-1-3/h4-8H,1-3H3;7-8H,3-6H2,1-2H3,(H,11,13);8-9H,3-7H2,1-2H3;2-4H,1H3;1-2H2;1H,(H2,2,3)/b8-7+;;;;;. The molecule has 1 saturated carbocycles. The Morgan fingerprint density at radius 3 is 1.75 bits per heavy atom. The molecule has 0 aromatic heterocycles. The van der Waals surface area contributed by atoms with E-state index in [0.717, 1.165) is 36.8 Å². The van der Waals surface area contributed by atoms with Gasteiger partial charge in [-0.25, -0.2) is 0 Å². The number of amides is 2. The molecule has 0 spiro atoms. The van der Waals surface area contributed by atoms with Gasteiger partial charge in [-0.15, -0.1) is 13.2 Å². The van der Waals surface area contributed by atoms with Gasteiger partial charge in [0.05, 0.1) is 15.6 Å². The molecule has 51 heavy (non-hydrogen) atoms. The first-order valence-corrected chi connectivity index (χ1v) is 18.6. The number of aryl methyl sites for hydroxylation is 2. The average molecular weight is 746 g/mol. The van der Waals surface area contributed by atoms with E-state index in [4.69, 9.17) is 28.0 Å². The SMILES string of the molecule is C=C.CC(=O)/C=C/c1c(C)cccc1C.CC(=O)c1c(Cl)cccc1Cl.CCC(=O)C(C)CC1CCNC1=O.CCC1CCCC1CC.NC=O. The zero-order valence-corrected chi connectivity index (χ0v) is 33.7. The van der Waals surface area contributed by atoms with Crippen LogP contribution in [0.15, 0.2) is 55.6 Å². The van der Waals surface area contributed by atoms with E-state index in [1.807, 2.05) is 52.0 Å². The summed E-state index contributed by atoms with van der Waals surface area (Å²) in [6.07, 6.45) is 13.3. The van der Waals surface area contributed by atoms with Crippen molar-refractivity contribution in [3.63, 3.8) is 0 Å². The highest BCUT2D eigenvalue weighted by molar-refractivity contribution is 6.39. The number of carbonyl (C=O) groups is 5. The number of ketones is 3. The fraction of sp³-hybridized carbons (Fsp3) is 0.500. The molecule has 4 atom stereocenters. The number of rotatable bonds is 9. The van der Waals surface area contributed by atoms with E-state index in [1.54, 1.807) is 31.2 Å². The summed E-state index contributed by atoms with van der Waals surface area (Å²) in [6.45, 7) is 22.3. The molecular weight excluding hydrogens is 683 g/mol. The van der Waals surface area contributed by atoms with Gasteiger partial charge >= 0.3 is 0 Å². The van der Waals surface area contributed by atoms with Gasteiger partial charge in [-0.1, -0.05) is 113 Å². The summed E-state index contributed by atoms with van der Waals surface area (Å²) in [5, 5.41) is 3.60. The molecule has 9 heteroatoms. The Morgan fingerprint density at radius 2 is 1.39 bits per heavy atom. The molecule has 1 aliphatic carbocycles. The lowest BCUT2D eigenvalue weighted by atomic mass is 9.91. The van der Waals surface area contributed by atoms with Crippen LogP contribution in [0.4, 0.5) is 0 Å². The minimum Gasteiger partial charge on any atom is -0.372 e. The summed E-state index contributed by atoms with van der Waals surface area (Å²) < 4.78 is 0. The fourth-order valence-corrected chi connectivity index (χ4v) is 6.75. The minimum absolute atomic E-state index is 0.0406. The molecule has 2 amide bonds. The summed E-state index contributed by atoms with van der Waals surface area (Å²) in [5.74, 6) is 2.63. The molecule has 1 aliphatic heterocycles. The molecule has 1 heterocycles. The molecule has 4 unspecified atom stereocenters. The van der Waals surface area contributed by atoms with Crippen molar-refractivity contribution in [3.8, 4) is 0 Å². The normalized spacial score (nSPS) is 17.5. The Kier molecular flexibility index (Phi) is 28.3. The van der Waals surface area contributed by atoms with E-state index < -0.39 is 0 Å². The number of nitrogens with two attached hydrogens (primary N) is 1. The van der Waals surface area contributed by atoms with E-state index >= 15 is 0 Å². The number of primary amides is 1. The van der Waals surface area contributed by atoms with E-state index in [9.17, 15) is 19.2 Å². The summed E-state index contributed by atoms with van der Waals surface area (Å²) in [5.41, 5.74) is 8.13. The monoisotopic (exact) mass is 744 g/mol. The molecule has 284 valence electrons. The van der Waals surface area contributed by atoms with Gasteiger partial charge in [0.15, 0.2) is 11.6 Å². The summed E-state index contributed by atoms with van der Waals surface area (Å²) in [6, 6.07) is 11.1. The molecule has 4 rings (SSSR count). The zero-order valence-electron chi connectivity index (χ0n) is 32.2.